The van der Waals surface area contributed by atoms with Gasteiger partial charge in [0.15, 0.2) is 5.03 Å². The fourth-order valence-electron chi connectivity index (χ4n) is 2.52. The van der Waals surface area contributed by atoms with Gasteiger partial charge in [0.1, 0.15) is 0 Å². The number of aryl methyl sites for hydroxylation is 1. The monoisotopic (exact) mass is 301 g/mol. The van der Waals surface area contributed by atoms with Crippen molar-refractivity contribution in [1.29, 1.82) is 0 Å². The van der Waals surface area contributed by atoms with Crippen LogP contribution in [0.2, 0.25) is 0 Å². The molecule has 1 aromatic rings. The molecule has 0 spiro atoms. The van der Waals surface area contributed by atoms with Gasteiger partial charge in [0.25, 0.3) is 10.0 Å². The van der Waals surface area contributed by atoms with Gasteiger partial charge in [-0.15, -0.1) is 0 Å². The summed E-state index contributed by atoms with van der Waals surface area (Å²) in [6.45, 7) is 0. The standard InChI is InChI=1S/C12H19N3O4S/c1-15-11(7-8-13-15)20(17,18)14-10-5-3-9(4-6-10)12(16)19-2/h7-10,14H,3-6H2,1-2H3. The second-order valence-corrected chi connectivity index (χ2v) is 6.65. The van der Waals surface area contributed by atoms with Crippen molar-refractivity contribution in [3.05, 3.63) is 12.3 Å². The number of aromatic nitrogens is 2. The summed E-state index contributed by atoms with van der Waals surface area (Å²) in [6, 6.07) is 1.32. The molecule has 1 fully saturated rings. The van der Waals surface area contributed by atoms with Crippen molar-refractivity contribution >= 4 is 16.0 Å². The molecule has 1 aliphatic rings. The first-order chi connectivity index (χ1) is 9.44. The minimum atomic E-state index is -3.56. The molecule has 2 rings (SSSR count). The first kappa shape index (κ1) is 15.0. The number of ether oxygens (including phenoxy) is 1. The lowest BCUT2D eigenvalue weighted by Gasteiger charge is -2.27. The maximum absolute atomic E-state index is 12.2. The van der Waals surface area contributed by atoms with E-state index in [1.165, 1.54) is 24.1 Å². The molecule has 0 radical (unpaired) electrons. The number of carbonyl (C=O) groups is 1. The van der Waals surface area contributed by atoms with E-state index in [4.69, 9.17) is 4.74 Å². The molecule has 0 amide bonds. The molecule has 0 saturated heterocycles. The molecule has 7 nitrogen and oxygen atoms in total. The molecule has 20 heavy (non-hydrogen) atoms. The summed E-state index contributed by atoms with van der Waals surface area (Å²) in [6.07, 6.45) is 4.01. The average Bonchev–Trinajstić information content (AvgIpc) is 2.85. The SMILES string of the molecule is COC(=O)C1CCC(NS(=O)(=O)c2ccnn2C)CC1. The maximum atomic E-state index is 12.2. The maximum Gasteiger partial charge on any atom is 0.308 e. The first-order valence-electron chi connectivity index (χ1n) is 6.52. The normalized spacial score (nSPS) is 23.5. The van der Waals surface area contributed by atoms with Gasteiger partial charge in [-0.25, -0.2) is 13.1 Å². The van der Waals surface area contributed by atoms with E-state index < -0.39 is 10.0 Å². The number of rotatable bonds is 4. The molecule has 1 aliphatic carbocycles. The molecular weight excluding hydrogens is 282 g/mol. The van der Waals surface area contributed by atoms with E-state index >= 15 is 0 Å². The third-order valence-corrected chi connectivity index (χ3v) is 5.23. The van der Waals surface area contributed by atoms with Crippen LogP contribution in [0.1, 0.15) is 25.7 Å². The van der Waals surface area contributed by atoms with Crippen molar-refractivity contribution in [1.82, 2.24) is 14.5 Å². The van der Waals surface area contributed by atoms with Crippen LogP contribution in [0.25, 0.3) is 0 Å². The van der Waals surface area contributed by atoms with Crippen LogP contribution in [0.4, 0.5) is 0 Å². The Morgan fingerprint density at radius 2 is 2.05 bits per heavy atom. The summed E-state index contributed by atoms with van der Waals surface area (Å²) < 4.78 is 33.1. The Morgan fingerprint density at radius 1 is 1.40 bits per heavy atom. The summed E-state index contributed by atoms with van der Waals surface area (Å²) in [5, 5.41) is 4.00. The lowest BCUT2D eigenvalue weighted by Crippen LogP contribution is -2.39. The number of nitrogens with one attached hydrogen (secondary N) is 1. The third-order valence-electron chi connectivity index (χ3n) is 3.63. The second kappa shape index (κ2) is 5.92. The Morgan fingerprint density at radius 3 is 2.55 bits per heavy atom. The largest absolute Gasteiger partial charge is 0.469 e. The van der Waals surface area contributed by atoms with E-state index in [0.29, 0.717) is 25.7 Å². The van der Waals surface area contributed by atoms with Crippen LogP contribution in [-0.4, -0.2) is 37.3 Å². The van der Waals surface area contributed by atoms with E-state index in [-0.39, 0.29) is 23.0 Å². The first-order valence-corrected chi connectivity index (χ1v) is 8.00. The summed E-state index contributed by atoms with van der Waals surface area (Å²) in [5.74, 6) is -0.324. The van der Waals surface area contributed by atoms with Crippen LogP contribution in [0.5, 0.6) is 0 Å². The van der Waals surface area contributed by atoms with Crippen LogP contribution in [0.15, 0.2) is 17.3 Å². The molecule has 0 aliphatic heterocycles. The highest BCUT2D eigenvalue weighted by Crippen LogP contribution is 2.26. The second-order valence-electron chi connectivity index (χ2n) is 4.99. The number of methoxy groups -OCH3 is 1. The van der Waals surface area contributed by atoms with Crippen LogP contribution in [-0.2, 0) is 26.6 Å². The minimum absolute atomic E-state index is 0.113. The van der Waals surface area contributed by atoms with Gasteiger partial charge >= 0.3 is 5.97 Å². The van der Waals surface area contributed by atoms with Crippen molar-refractivity contribution in [2.24, 2.45) is 13.0 Å². The molecule has 0 atom stereocenters. The van der Waals surface area contributed by atoms with Gasteiger partial charge in [-0.3, -0.25) is 9.48 Å². The Labute approximate surface area is 118 Å². The Balaban J connectivity index is 1.96. The van der Waals surface area contributed by atoms with Crippen LogP contribution >= 0.6 is 0 Å². The molecule has 112 valence electrons. The molecule has 0 bridgehead atoms. The van der Waals surface area contributed by atoms with E-state index in [1.807, 2.05) is 0 Å². The number of esters is 1. The van der Waals surface area contributed by atoms with Crippen LogP contribution in [0.3, 0.4) is 0 Å². The Kier molecular flexibility index (Phi) is 4.44. The molecule has 1 heterocycles. The fourth-order valence-corrected chi connectivity index (χ4v) is 3.95. The zero-order valence-corrected chi connectivity index (χ0v) is 12.4. The highest BCUT2D eigenvalue weighted by molar-refractivity contribution is 7.89. The number of sulfonamides is 1. The fraction of sp³-hybridized carbons (Fsp3) is 0.667. The average molecular weight is 301 g/mol. The van der Waals surface area contributed by atoms with Crippen molar-refractivity contribution in [3.63, 3.8) is 0 Å². The Bertz CT molecular complexity index is 573. The quantitative estimate of drug-likeness (QED) is 0.814. The van der Waals surface area contributed by atoms with Gasteiger partial charge in [-0.05, 0) is 31.7 Å². The van der Waals surface area contributed by atoms with E-state index in [9.17, 15) is 13.2 Å². The van der Waals surface area contributed by atoms with Gasteiger partial charge in [0.2, 0.25) is 0 Å². The summed E-state index contributed by atoms with van der Waals surface area (Å²) in [5.41, 5.74) is 0. The lowest BCUT2D eigenvalue weighted by atomic mass is 9.86. The Hall–Kier alpha value is -1.41. The number of carbonyl (C=O) groups excluding carboxylic acids is 1. The van der Waals surface area contributed by atoms with E-state index in [0.717, 1.165) is 0 Å². The van der Waals surface area contributed by atoms with Gasteiger partial charge in [-0.2, -0.15) is 5.10 Å². The number of nitrogens with zero attached hydrogens (tertiary/aromatic N) is 2. The van der Waals surface area contributed by atoms with Gasteiger partial charge in [-0.1, -0.05) is 0 Å². The van der Waals surface area contributed by atoms with E-state index in [1.54, 1.807) is 7.05 Å². The summed E-state index contributed by atoms with van der Waals surface area (Å²) in [4.78, 5) is 11.4. The molecule has 1 saturated carbocycles. The molecular formula is C12H19N3O4S. The summed E-state index contributed by atoms with van der Waals surface area (Å²) in [7, 11) is -0.596. The predicted molar refractivity (Wildman–Crippen MR) is 71.3 cm³/mol. The predicted octanol–water partition coefficient (Wildman–Crippen LogP) is 0.430. The number of hydrogen-bond acceptors (Lipinski definition) is 5. The molecule has 0 unspecified atom stereocenters. The highest BCUT2D eigenvalue weighted by Gasteiger charge is 2.30. The number of hydrogen-bond donors (Lipinski definition) is 1. The minimum Gasteiger partial charge on any atom is -0.469 e. The zero-order chi connectivity index (χ0) is 14.8. The van der Waals surface area contributed by atoms with Gasteiger partial charge in [0, 0.05) is 13.1 Å². The van der Waals surface area contributed by atoms with Crippen LogP contribution < -0.4 is 4.72 Å². The molecule has 8 heteroatoms. The highest BCUT2D eigenvalue weighted by atomic mass is 32.2. The lowest BCUT2D eigenvalue weighted by molar-refractivity contribution is -0.146. The van der Waals surface area contributed by atoms with E-state index in [2.05, 4.69) is 9.82 Å². The smallest absolute Gasteiger partial charge is 0.308 e. The van der Waals surface area contributed by atoms with Crippen LogP contribution in [0, 0.1) is 5.92 Å². The van der Waals surface area contributed by atoms with Crippen molar-refractivity contribution in [2.75, 3.05) is 7.11 Å². The molecule has 1 N–H and O–H groups in total. The van der Waals surface area contributed by atoms with Gasteiger partial charge in [0.05, 0.1) is 19.2 Å². The molecule has 1 aromatic heterocycles. The van der Waals surface area contributed by atoms with Crippen molar-refractivity contribution in [3.8, 4) is 0 Å². The van der Waals surface area contributed by atoms with Crippen molar-refractivity contribution in [2.45, 2.75) is 36.8 Å². The third kappa shape index (κ3) is 3.18. The zero-order valence-electron chi connectivity index (χ0n) is 11.6. The molecule has 0 aromatic carbocycles. The topological polar surface area (TPSA) is 90.3 Å². The van der Waals surface area contributed by atoms with Crippen molar-refractivity contribution < 1.29 is 17.9 Å². The summed E-state index contributed by atoms with van der Waals surface area (Å²) >= 11 is 0. The van der Waals surface area contributed by atoms with Gasteiger partial charge < -0.3 is 4.74 Å².